The highest BCUT2D eigenvalue weighted by Crippen LogP contribution is 2.45. The van der Waals surface area contributed by atoms with E-state index in [2.05, 4.69) is 67.9 Å². The summed E-state index contributed by atoms with van der Waals surface area (Å²) in [5.74, 6) is 1.68. The Kier molecular flexibility index (Phi) is 4.76. The van der Waals surface area contributed by atoms with Gasteiger partial charge in [0.2, 0.25) is 0 Å². The van der Waals surface area contributed by atoms with Gasteiger partial charge in [0.15, 0.2) is 0 Å². The van der Waals surface area contributed by atoms with Crippen LogP contribution in [0.2, 0.25) is 0 Å². The summed E-state index contributed by atoms with van der Waals surface area (Å²) in [6, 6.07) is 9.07. The molecule has 1 aliphatic carbocycles. The molecule has 0 radical (unpaired) electrons. The van der Waals surface area contributed by atoms with Gasteiger partial charge in [-0.1, -0.05) is 73.0 Å². The number of halogens is 1. The number of rotatable bonds is 3. The van der Waals surface area contributed by atoms with Gasteiger partial charge in [0.05, 0.1) is 0 Å². The highest BCUT2D eigenvalue weighted by Gasteiger charge is 2.37. The van der Waals surface area contributed by atoms with Gasteiger partial charge < -0.3 is 0 Å². The van der Waals surface area contributed by atoms with E-state index in [0.717, 1.165) is 11.8 Å². The fourth-order valence-corrected chi connectivity index (χ4v) is 5.17. The third-order valence-electron chi connectivity index (χ3n) is 4.82. The second-order valence-corrected chi connectivity index (χ2v) is 8.37. The van der Waals surface area contributed by atoms with Crippen LogP contribution >= 0.6 is 15.9 Å². The quantitative estimate of drug-likeness (QED) is 0.620. The Morgan fingerprint density at radius 1 is 1.16 bits per heavy atom. The predicted octanol–water partition coefficient (Wildman–Crippen LogP) is 5.76. The van der Waals surface area contributed by atoms with Crippen LogP contribution in [0, 0.1) is 24.2 Å². The average Bonchev–Trinajstić information content (AvgIpc) is 2.31. The summed E-state index contributed by atoms with van der Waals surface area (Å²) >= 11 is 3.96. The van der Waals surface area contributed by atoms with Crippen molar-refractivity contribution in [2.75, 3.05) is 0 Å². The highest BCUT2D eigenvalue weighted by molar-refractivity contribution is 9.09. The Balaban J connectivity index is 2.07. The van der Waals surface area contributed by atoms with Crippen LogP contribution in [0.3, 0.4) is 0 Å². The van der Waals surface area contributed by atoms with Crippen molar-refractivity contribution in [1.29, 1.82) is 0 Å². The molecule has 0 nitrogen and oxygen atoms in total. The monoisotopic (exact) mass is 322 g/mol. The molecule has 0 saturated heterocycles. The van der Waals surface area contributed by atoms with Gasteiger partial charge in [-0.25, -0.2) is 0 Å². The summed E-state index contributed by atoms with van der Waals surface area (Å²) in [6.07, 6.45) is 5.29. The van der Waals surface area contributed by atoms with Crippen molar-refractivity contribution in [2.24, 2.45) is 17.3 Å². The lowest BCUT2D eigenvalue weighted by Gasteiger charge is -2.42. The maximum atomic E-state index is 3.96. The third-order valence-corrected chi connectivity index (χ3v) is 5.83. The van der Waals surface area contributed by atoms with Crippen molar-refractivity contribution in [2.45, 2.75) is 58.2 Å². The summed E-state index contributed by atoms with van der Waals surface area (Å²) in [7, 11) is 0. The molecular formula is C18H27Br. The number of hydrogen-bond donors (Lipinski definition) is 0. The molecule has 3 atom stereocenters. The topological polar surface area (TPSA) is 0 Å². The zero-order valence-electron chi connectivity index (χ0n) is 12.7. The fourth-order valence-electron chi connectivity index (χ4n) is 3.55. The van der Waals surface area contributed by atoms with Crippen LogP contribution in [0.25, 0.3) is 0 Å². The van der Waals surface area contributed by atoms with E-state index >= 15 is 0 Å². The largest absolute Gasteiger partial charge is 0.0887 e. The summed E-state index contributed by atoms with van der Waals surface area (Å²) in [4.78, 5) is 0.691. The maximum Gasteiger partial charge on any atom is 0.0181 e. The highest BCUT2D eigenvalue weighted by atomic mass is 79.9. The summed E-state index contributed by atoms with van der Waals surface area (Å²) in [5.41, 5.74) is 3.21. The molecule has 1 heteroatoms. The third kappa shape index (κ3) is 3.84. The Morgan fingerprint density at radius 2 is 1.79 bits per heavy atom. The van der Waals surface area contributed by atoms with Gasteiger partial charge in [-0.3, -0.25) is 0 Å². The molecule has 106 valence electrons. The minimum atomic E-state index is 0.379. The van der Waals surface area contributed by atoms with Gasteiger partial charge in [-0.05, 0) is 49.0 Å². The molecule has 0 aromatic heterocycles. The van der Waals surface area contributed by atoms with E-state index in [1.54, 1.807) is 0 Å². The summed E-state index contributed by atoms with van der Waals surface area (Å²) < 4.78 is 0. The van der Waals surface area contributed by atoms with Gasteiger partial charge in [-0.15, -0.1) is 0 Å². The van der Waals surface area contributed by atoms with Crippen LogP contribution in [-0.4, -0.2) is 4.83 Å². The first-order chi connectivity index (χ1) is 8.88. The van der Waals surface area contributed by atoms with Gasteiger partial charge in [0, 0.05) is 4.83 Å². The first-order valence-corrected chi connectivity index (χ1v) is 8.49. The molecule has 0 N–H and O–H groups in total. The Morgan fingerprint density at radius 3 is 2.37 bits per heavy atom. The molecule has 1 aliphatic rings. The number of alkyl halides is 1. The van der Waals surface area contributed by atoms with E-state index in [9.17, 15) is 0 Å². The van der Waals surface area contributed by atoms with E-state index in [-0.39, 0.29) is 0 Å². The Hall–Kier alpha value is -0.300. The molecule has 0 bridgehead atoms. The van der Waals surface area contributed by atoms with Gasteiger partial charge in [0.25, 0.3) is 0 Å². The minimum Gasteiger partial charge on any atom is -0.0887 e. The fraction of sp³-hybridized carbons (Fsp3) is 0.667. The van der Waals surface area contributed by atoms with Crippen molar-refractivity contribution in [3.63, 3.8) is 0 Å². The number of benzene rings is 1. The lowest BCUT2D eigenvalue weighted by molar-refractivity contribution is 0.147. The first-order valence-electron chi connectivity index (χ1n) is 7.58. The standard InChI is InChI=1S/C18H27Br/c1-13-5-8-15(9-6-13)12-18(3,4)16-10-7-14(2)11-17(16)19/h5-6,8-9,14,16-17H,7,10-12H2,1-4H3. The van der Waals surface area contributed by atoms with E-state index in [4.69, 9.17) is 0 Å². The van der Waals surface area contributed by atoms with Crippen molar-refractivity contribution in [3.8, 4) is 0 Å². The lowest BCUT2D eigenvalue weighted by atomic mass is 9.66. The SMILES string of the molecule is Cc1ccc(CC(C)(C)C2CCC(C)CC2Br)cc1. The van der Waals surface area contributed by atoms with Crippen molar-refractivity contribution in [1.82, 2.24) is 0 Å². The van der Waals surface area contributed by atoms with Crippen LogP contribution in [0.15, 0.2) is 24.3 Å². The second-order valence-electron chi connectivity index (χ2n) is 7.19. The molecule has 0 amide bonds. The average molecular weight is 323 g/mol. The smallest absolute Gasteiger partial charge is 0.0181 e. The van der Waals surface area contributed by atoms with Crippen molar-refractivity contribution >= 4 is 15.9 Å². The maximum absolute atomic E-state index is 3.96. The van der Waals surface area contributed by atoms with E-state index < -0.39 is 0 Å². The normalized spacial score (nSPS) is 28.4. The van der Waals surface area contributed by atoms with Crippen LogP contribution in [0.5, 0.6) is 0 Å². The van der Waals surface area contributed by atoms with E-state index in [1.807, 2.05) is 0 Å². The van der Waals surface area contributed by atoms with Crippen LogP contribution in [0.4, 0.5) is 0 Å². The van der Waals surface area contributed by atoms with Crippen LogP contribution < -0.4 is 0 Å². The molecule has 19 heavy (non-hydrogen) atoms. The number of aryl methyl sites for hydroxylation is 1. The van der Waals surface area contributed by atoms with Gasteiger partial charge >= 0.3 is 0 Å². The van der Waals surface area contributed by atoms with Crippen molar-refractivity contribution < 1.29 is 0 Å². The molecular weight excluding hydrogens is 296 g/mol. The molecule has 1 aromatic carbocycles. The Bertz CT molecular complexity index is 404. The molecule has 1 saturated carbocycles. The zero-order chi connectivity index (χ0) is 14.0. The van der Waals surface area contributed by atoms with E-state index in [0.29, 0.717) is 10.2 Å². The molecule has 1 aromatic rings. The molecule has 0 aliphatic heterocycles. The van der Waals surface area contributed by atoms with Gasteiger partial charge in [0.1, 0.15) is 0 Å². The Labute approximate surface area is 127 Å². The predicted molar refractivity (Wildman–Crippen MR) is 87.9 cm³/mol. The summed E-state index contributed by atoms with van der Waals surface area (Å²) in [5, 5.41) is 0. The van der Waals surface area contributed by atoms with Crippen LogP contribution in [-0.2, 0) is 6.42 Å². The molecule has 0 heterocycles. The van der Waals surface area contributed by atoms with Crippen LogP contribution in [0.1, 0.15) is 51.2 Å². The lowest BCUT2D eigenvalue weighted by Crippen LogP contribution is -2.37. The van der Waals surface area contributed by atoms with Gasteiger partial charge in [-0.2, -0.15) is 0 Å². The molecule has 2 rings (SSSR count). The zero-order valence-corrected chi connectivity index (χ0v) is 14.3. The second kappa shape index (κ2) is 5.99. The summed E-state index contributed by atoms with van der Waals surface area (Å²) in [6.45, 7) is 9.44. The van der Waals surface area contributed by atoms with E-state index in [1.165, 1.54) is 36.8 Å². The number of hydrogen-bond acceptors (Lipinski definition) is 0. The first kappa shape index (κ1) is 15.1. The van der Waals surface area contributed by atoms with Crippen molar-refractivity contribution in [3.05, 3.63) is 35.4 Å². The molecule has 1 fully saturated rings. The molecule has 0 spiro atoms. The minimum absolute atomic E-state index is 0.379. The molecule has 3 unspecified atom stereocenters.